The maximum atomic E-state index is 12.4. The van der Waals surface area contributed by atoms with Crippen LogP contribution in [0.25, 0.3) is 0 Å². The number of carbonyl (C=O) groups is 2. The molecule has 0 radical (unpaired) electrons. The normalized spacial score (nSPS) is 28.5. The van der Waals surface area contributed by atoms with E-state index in [4.69, 9.17) is 16.3 Å². The zero-order chi connectivity index (χ0) is 14.3. The molecule has 1 saturated carbocycles. The van der Waals surface area contributed by atoms with Gasteiger partial charge in [-0.25, -0.2) is 0 Å². The van der Waals surface area contributed by atoms with Crippen LogP contribution in [0.2, 0.25) is 5.02 Å². The fraction of sp³-hybridized carbons (Fsp3) is 0.571. The van der Waals surface area contributed by atoms with Crippen LogP contribution in [-0.2, 0) is 9.53 Å². The van der Waals surface area contributed by atoms with Gasteiger partial charge in [0.05, 0.1) is 17.5 Å². The molecule has 1 aromatic heterocycles. The van der Waals surface area contributed by atoms with Crippen LogP contribution in [0.15, 0.2) is 12.3 Å². The van der Waals surface area contributed by atoms with Gasteiger partial charge in [-0.05, 0) is 24.8 Å². The highest BCUT2D eigenvalue weighted by Crippen LogP contribution is 2.49. The smallest absolute Gasteiger partial charge is 0.313 e. The second kappa shape index (κ2) is 4.81. The van der Waals surface area contributed by atoms with Crippen molar-refractivity contribution in [2.24, 2.45) is 11.3 Å². The SMILES string of the molecule is COC(=O)[C@@]12CCC[C@@H]1CN(C(=O)c1cc(Cl)c[nH]1)C2. The first kappa shape index (κ1) is 13.5. The van der Waals surface area contributed by atoms with Crippen molar-refractivity contribution < 1.29 is 14.3 Å². The summed E-state index contributed by atoms with van der Waals surface area (Å²) in [5.74, 6) is -0.0706. The topological polar surface area (TPSA) is 62.4 Å². The number of nitrogens with one attached hydrogen (secondary N) is 1. The predicted octanol–water partition coefficient (Wildman–Crippen LogP) is 2.08. The van der Waals surface area contributed by atoms with E-state index in [0.29, 0.717) is 23.8 Å². The molecule has 1 amide bonds. The number of H-pyrrole nitrogens is 1. The van der Waals surface area contributed by atoms with Gasteiger partial charge in [0.15, 0.2) is 0 Å². The van der Waals surface area contributed by atoms with Gasteiger partial charge in [0.2, 0.25) is 0 Å². The van der Waals surface area contributed by atoms with Crippen LogP contribution in [0.1, 0.15) is 29.8 Å². The van der Waals surface area contributed by atoms with E-state index in [0.717, 1.165) is 19.3 Å². The number of ether oxygens (including phenoxy) is 1. The summed E-state index contributed by atoms with van der Waals surface area (Å²) in [7, 11) is 1.42. The minimum atomic E-state index is -0.499. The lowest BCUT2D eigenvalue weighted by atomic mass is 9.81. The van der Waals surface area contributed by atoms with Gasteiger partial charge >= 0.3 is 5.97 Å². The van der Waals surface area contributed by atoms with Crippen molar-refractivity contribution in [3.63, 3.8) is 0 Å². The molecule has 0 bridgehead atoms. The molecule has 2 atom stereocenters. The van der Waals surface area contributed by atoms with Crippen LogP contribution in [0, 0.1) is 11.3 Å². The molecule has 0 spiro atoms. The van der Waals surface area contributed by atoms with Gasteiger partial charge in [0.1, 0.15) is 5.69 Å². The first-order valence-corrected chi connectivity index (χ1v) is 7.16. The van der Waals surface area contributed by atoms with E-state index >= 15 is 0 Å². The molecule has 20 heavy (non-hydrogen) atoms. The van der Waals surface area contributed by atoms with E-state index in [1.807, 2.05) is 0 Å². The lowest BCUT2D eigenvalue weighted by Crippen LogP contribution is -2.38. The molecular formula is C14H17ClN2O3. The van der Waals surface area contributed by atoms with Crippen LogP contribution in [0.4, 0.5) is 0 Å². The van der Waals surface area contributed by atoms with Gasteiger partial charge in [-0.1, -0.05) is 18.0 Å². The fourth-order valence-corrected chi connectivity index (χ4v) is 3.81. The maximum Gasteiger partial charge on any atom is 0.313 e. The second-order valence-corrected chi connectivity index (χ2v) is 6.09. The van der Waals surface area contributed by atoms with Crippen molar-refractivity contribution >= 4 is 23.5 Å². The highest BCUT2D eigenvalue weighted by Gasteiger charge is 2.56. The third-order valence-corrected chi connectivity index (χ3v) is 4.85. The standard InChI is InChI=1S/C14H17ClN2O3/c1-20-13(19)14-4-2-3-9(14)7-17(8-14)12(18)11-5-10(15)6-16-11/h5-6,9,16H,2-4,7-8H2,1H3/t9-,14-/m1/s1. The van der Waals surface area contributed by atoms with Crippen molar-refractivity contribution in [3.8, 4) is 0 Å². The summed E-state index contributed by atoms with van der Waals surface area (Å²) < 4.78 is 4.97. The molecule has 2 aliphatic rings. The maximum absolute atomic E-state index is 12.4. The Morgan fingerprint density at radius 3 is 3.00 bits per heavy atom. The van der Waals surface area contributed by atoms with Crippen molar-refractivity contribution in [2.75, 3.05) is 20.2 Å². The predicted molar refractivity (Wildman–Crippen MR) is 73.5 cm³/mol. The number of amides is 1. The lowest BCUT2D eigenvalue weighted by molar-refractivity contribution is -0.153. The number of esters is 1. The van der Waals surface area contributed by atoms with Crippen molar-refractivity contribution in [1.82, 2.24) is 9.88 Å². The summed E-state index contributed by atoms with van der Waals surface area (Å²) in [6.07, 6.45) is 4.39. The number of carbonyl (C=O) groups excluding carboxylic acids is 2. The number of hydrogen-bond donors (Lipinski definition) is 1. The third kappa shape index (κ3) is 1.92. The van der Waals surface area contributed by atoms with E-state index in [1.54, 1.807) is 17.2 Å². The number of fused-ring (bicyclic) bond motifs is 1. The van der Waals surface area contributed by atoms with Gasteiger partial charge in [0.25, 0.3) is 5.91 Å². The molecule has 1 aliphatic carbocycles. The highest BCUT2D eigenvalue weighted by molar-refractivity contribution is 6.30. The molecule has 1 aliphatic heterocycles. The minimum absolute atomic E-state index is 0.102. The number of rotatable bonds is 2. The van der Waals surface area contributed by atoms with E-state index < -0.39 is 5.41 Å². The van der Waals surface area contributed by atoms with Crippen LogP contribution in [0.3, 0.4) is 0 Å². The van der Waals surface area contributed by atoms with E-state index in [-0.39, 0.29) is 17.8 Å². The van der Waals surface area contributed by atoms with Crippen molar-refractivity contribution in [3.05, 3.63) is 23.0 Å². The molecule has 1 N–H and O–H groups in total. The molecule has 0 unspecified atom stereocenters. The van der Waals surface area contributed by atoms with Gasteiger partial charge in [-0.2, -0.15) is 0 Å². The van der Waals surface area contributed by atoms with Gasteiger partial charge in [-0.3, -0.25) is 9.59 Å². The zero-order valence-electron chi connectivity index (χ0n) is 11.3. The Labute approximate surface area is 122 Å². The van der Waals surface area contributed by atoms with E-state index in [1.165, 1.54) is 7.11 Å². The van der Waals surface area contributed by atoms with Crippen LogP contribution in [-0.4, -0.2) is 42.0 Å². The minimum Gasteiger partial charge on any atom is -0.469 e. The molecule has 2 heterocycles. The number of aromatic amines is 1. The number of likely N-dealkylation sites (tertiary alicyclic amines) is 1. The number of aromatic nitrogens is 1. The highest BCUT2D eigenvalue weighted by atomic mass is 35.5. The number of hydrogen-bond acceptors (Lipinski definition) is 3. The molecule has 1 saturated heterocycles. The molecule has 6 heteroatoms. The summed E-state index contributed by atoms with van der Waals surface area (Å²) >= 11 is 5.83. The molecule has 1 aromatic rings. The molecular weight excluding hydrogens is 280 g/mol. The second-order valence-electron chi connectivity index (χ2n) is 5.65. The zero-order valence-corrected chi connectivity index (χ0v) is 12.1. The molecule has 5 nitrogen and oxygen atoms in total. The summed E-state index contributed by atoms with van der Waals surface area (Å²) in [4.78, 5) is 29.2. The van der Waals surface area contributed by atoms with E-state index in [9.17, 15) is 9.59 Å². The molecule has 3 rings (SSSR count). The molecule has 0 aromatic carbocycles. The van der Waals surface area contributed by atoms with Crippen molar-refractivity contribution in [1.29, 1.82) is 0 Å². The first-order valence-electron chi connectivity index (χ1n) is 6.78. The molecule has 2 fully saturated rings. The molecule has 108 valence electrons. The van der Waals surface area contributed by atoms with Gasteiger partial charge in [-0.15, -0.1) is 0 Å². The van der Waals surface area contributed by atoms with Crippen LogP contribution < -0.4 is 0 Å². The summed E-state index contributed by atoms with van der Waals surface area (Å²) in [5.41, 5.74) is -0.0316. The average Bonchev–Trinajstić information content (AvgIpc) is 3.10. The average molecular weight is 297 g/mol. The summed E-state index contributed by atoms with van der Waals surface area (Å²) in [6, 6.07) is 1.61. The number of nitrogens with zero attached hydrogens (tertiary/aromatic N) is 1. The van der Waals surface area contributed by atoms with Crippen molar-refractivity contribution in [2.45, 2.75) is 19.3 Å². The Bertz CT molecular complexity index is 556. The Balaban J connectivity index is 1.82. The Morgan fingerprint density at radius 1 is 1.55 bits per heavy atom. The van der Waals surface area contributed by atoms with Crippen LogP contribution in [0.5, 0.6) is 0 Å². The first-order chi connectivity index (χ1) is 9.56. The fourth-order valence-electron chi connectivity index (χ4n) is 3.64. The monoisotopic (exact) mass is 296 g/mol. The summed E-state index contributed by atoms with van der Waals surface area (Å²) in [6.45, 7) is 1.06. The Morgan fingerprint density at radius 2 is 2.35 bits per heavy atom. The third-order valence-electron chi connectivity index (χ3n) is 4.63. The number of methoxy groups -OCH3 is 1. The number of halogens is 1. The lowest BCUT2D eigenvalue weighted by Gasteiger charge is -2.25. The largest absolute Gasteiger partial charge is 0.469 e. The van der Waals surface area contributed by atoms with E-state index in [2.05, 4.69) is 4.98 Å². The quantitative estimate of drug-likeness (QED) is 0.850. The Hall–Kier alpha value is -1.49. The van der Waals surface area contributed by atoms with Gasteiger partial charge < -0.3 is 14.6 Å². The van der Waals surface area contributed by atoms with Gasteiger partial charge in [0, 0.05) is 19.3 Å². The summed E-state index contributed by atoms with van der Waals surface area (Å²) in [5, 5.41) is 0.510. The Kier molecular flexibility index (Phi) is 3.24. The van der Waals surface area contributed by atoms with Crippen LogP contribution >= 0.6 is 11.6 Å².